The van der Waals surface area contributed by atoms with Crippen LogP contribution in [0, 0.1) is 0 Å². The molecule has 1 aromatic carbocycles. The highest BCUT2D eigenvalue weighted by molar-refractivity contribution is 6.76. The van der Waals surface area contributed by atoms with Gasteiger partial charge in [0, 0.05) is 47.9 Å². The van der Waals surface area contributed by atoms with Crippen molar-refractivity contribution in [2.24, 2.45) is 7.05 Å². The van der Waals surface area contributed by atoms with Crippen molar-refractivity contribution in [3.8, 4) is 0 Å². The van der Waals surface area contributed by atoms with Crippen molar-refractivity contribution in [1.82, 2.24) is 14.0 Å². The van der Waals surface area contributed by atoms with E-state index in [1.807, 2.05) is 46.0 Å². The number of ether oxygens (including phenoxy) is 2. The van der Waals surface area contributed by atoms with E-state index >= 15 is 0 Å². The highest BCUT2D eigenvalue weighted by atomic mass is 28.3. The van der Waals surface area contributed by atoms with E-state index in [4.69, 9.17) is 9.47 Å². The summed E-state index contributed by atoms with van der Waals surface area (Å²) >= 11 is 0. The van der Waals surface area contributed by atoms with Crippen LogP contribution < -0.4 is 10.6 Å². The Kier molecular flexibility index (Phi) is 7.09. The van der Waals surface area contributed by atoms with Gasteiger partial charge in [0.05, 0.1) is 16.7 Å². The molecule has 1 aromatic heterocycles. The molecule has 0 saturated carbocycles. The van der Waals surface area contributed by atoms with Gasteiger partial charge in [-0.15, -0.1) is 0 Å². The summed E-state index contributed by atoms with van der Waals surface area (Å²) in [6.45, 7) is 16.0. The number of fused-ring (bicyclic) bond motifs is 1. The van der Waals surface area contributed by atoms with Crippen LogP contribution >= 0.6 is 0 Å². The zero-order chi connectivity index (χ0) is 23.7. The lowest BCUT2D eigenvalue weighted by atomic mass is 10.2. The van der Waals surface area contributed by atoms with Gasteiger partial charge in [-0.2, -0.15) is 0 Å². The second-order valence-electron chi connectivity index (χ2n) is 10.7. The van der Waals surface area contributed by atoms with Crippen LogP contribution in [0.5, 0.6) is 0 Å². The molecule has 178 valence electrons. The quantitative estimate of drug-likeness (QED) is 0.484. The molecule has 32 heavy (non-hydrogen) atoms. The van der Waals surface area contributed by atoms with E-state index in [2.05, 4.69) is 24.5 Å². The van der Waals surface area contributed by atoms with Crippen molar-refractivity contribution in [3.63, 3.8) is 0 Å². The number of para-hydroxylation sites is 1. The average molecular weight is 463 g/mol. The molecule has 2 aromatic rings. The first kappa shape index (κ1) is 24.4. The van der Waals surface area contributed by atoms with Crippen molar-refractivity contribution in [1.29, 1.82) is 0 Å². The van der Waals surface area contributed by atoms with Crippen molar-refractivity contribution in [2.45, 2.75) is 58.8 Å². The van der Waals surface area contributed by atoms with Gasteiger partial charge in [0.2, 0.25) is 0 Å². The SMILES string of the molecule is Cn1c(=O)n(COCC[Si](C)(C)C)c2cccc(N3CCN(C(=O)OC(C)(C)C)CC3)c21. The number of anilines is 1. The number of nitrogens with zero attached hydrogens (tertiary/aromatic N) is 4. The first-order valence-electron chi connectivity index (χ1n) is 11.4. The van der Waals surface area contributed by atoms with E-state index < -0.39 is 13.7 Å². The zero-order valence-electron chi connectivity index (χ0n) is 20.6. The van der Waals surface area contributed by atoms with Crippen molar-refractivity contribution < 1.29 is 14.3 Å². The number of rotatable bonds is 6. The minimum absolute atomic E-state index is 0.0761. The number of hydrogen-bond acceptors (Lipinski definition) is 5. The number of amides is 1. The second kappa shape index (κ2) is 9.31. The van der Waals surface area contributed by atoms with Crippen LogP contribution in [0.15, 0.2) is 23.0 Å². The monoisotopic (exact) mass is 462 g/mol. The molecule has 8 nitrogen and oxygen atoms in total. The Morgan fingerprint density at radius 3 is 2.34 bits per heavy atom. The number of carbonyl (C=O) groups is 1. The van der Waals surface area contributed by atoms with Gasteiger partial charge >= 0.3 is 11.8 Å². The van der Waals surface area contributed by atoms with Crippen LogP contribution in [-0.4, -0.2) is 66.6 Å². The summed E-state index contributed by atoms with van der Waals surface area (Å²) in [6, 6.07) is 7.07. The summed E-state index contributed by atoms with van der Waals surface area (Å²) in [5.74, 6) is 0. The van der Waals surface area contributed by atoms with E-state index in [0.29, 0.717) is 32.8 Å². The molecule has 9 heteroatoms. The maximum atomic E-state index is 13.0. The molecule has 1 fully saturated rings. The molecule has 0 spiro atoms. The van der Waals surface area contributed by atoms with E-state index in [0.717, 1.165) is 22.8 Å². The lowest BCUT2D eigenvalue weighted by Gasteiger charge is -2.37. The summed E-state index contributed by atoms with van der Waals surface area (Å²) in [6.07, 6.45) is -0.274. The predicted octanol–water partition coefficient (Wildman–Crippen LogP) is 3.71. The van der Waals surface area contributed by atoms with Crippen LogP contribution in [-0.2, 0) is 23.3 Å². The molecule has 0 N–H and O–H groups in total. The Hall–Kier alpha value is -2.26. The number of piperazine rings is 1. The van der Waals surface area contributed by atoms with Gasteiger partial charge < -0.3 is 19.3 Å². The molecule has 1 aliphatic rings. The number of carbonyl (C=O) groups excluding carboxylic acids is 1. The smallest absolute Gasteiger partial charge is 0.410 e. The van der Waals surface area contributed by atoms with E-state index in [1.54, 1.807) is 14.0 Å². The summed E-state index contributed by atoms with van der Waals surface area (Å²) in [5.41, 5.74) is 2.20. The van der Waals surface area contributed by atoms with Crippen LogP contribution in [0.3, 0.4) is 0 Å². The Bertz CT molecular complexity index is 1010. The summed E-state index contributed by atoms with van der Waals surface area (Å²) < 4.78 is 14.8. The number of imidazole rings is 1. The predicted molar refractivity (Wildman–Crippen MR) is 131 cm³/mol. The highest BCUT2D eigenvalue weighted by Crippen LogP contribution is 2.27. The number of benzene rings is 1. The number of aryl methyl sites for hydroxylation is 1. The van der Waals surface area contributed by atoms with E-state index in [1.165, 1.54) is 0 Å². The molecule has 1 amide bonds. The van der Waals surface area contributed by atoms with Gasteiger partial charge in [-0.25, -0.2) is 9.59 Å². The Morgan fingerprint density at radius 2 is 1.75 bits per heavy atom. The Balaban J connectivity index is 1.75. The van der Waals surface area contributed by atoms with Gasteiger partial charge in [0.25, 0.3) is 0 Å². The fourth-order valence-corrected chi connectivity index (χ4v) is 4.59. The third-order valence-electron chi connectivity index (χ3n) is 5.63. The topological polar surface area (TPSA) is 68.9 Å². The fraction of sp³-hybridized carbons (Fsp3) is 0.652. The molecule has 0 atom stereocenters. The highest BCUT2D eigenvalue weighted by Gasteiger charge is 2.27. The molecule has 0 bridgehead atoms. The lowest BCUT2D eigenvalue weighted by Crippen LogP contribution is -2.50. The zero-order valence-corrected chi connectivity index (χ0v) is 21.6. The second-order valence-corrected chi connectivity index (χ2v) is 16.3. The molecule has 1 saturated heterocycles. The molecular formula is C23H38N4O4Si. The Labute approximate surface area is 191 Å². The third kappa shape index (κ3) is 5.75. The third-order valence-corrected chi connectivity index (χ3v) is 7.33. The summed E-state index contributed by atoms with van der Waals surface area (Å²) in [4.78, 5) is 29.3. The van der Waals surface area contributed by atoms with Crippen molar-refractivity contribution >= 4 is 30.9 Å². The van der Waals surface area contributed by atoms with Crippen LogP contribution in [0.4, 0.5) is 10.5 Å². The maximum Gasteiger partial charge on any atom is 0.410 e. The average Bonchev–Trinajstić information content (AvgIpc) is 2.94. The first-order valence-corrected chi connectivity index (χ1v) is 15.1. The van der Waals surface area contributed by atoms with Crippen molar-refractivity contribution in [2.75, 3.05) is 37.7 Å². The van der Waals surface area contributed by atoms with E-state index in [9.17, 15) is 9.59 Å². The van der Waals surface area contributed by atoms with Crippen molar-refractivity contribution in [3.05, 3.63) is 28.7 Å². The van der Waals surface area contributed by atoms with Gasteiger partial charge in [-0.1, -0.05) is 25.7 Å². The van der Waals surface area contributed by atoms with Gasteiger partial charge in [-0.05, 0) is 38.9 Å². The largest absolute Gasteiger partial charge is 0.444 e. The minimum atomic E-state index is -1.18. The molecule has 1 aliphatic heterocycles. The number of hydrogen-bond donors (Lipinski definition) is 0. The normalized spacial score (nSPS) is 15.5. The van der Waals surface area contributed by atoms with Crippen LogP contribution in [0.25, 0.3) is 11.0 Å². The Morgan fingerprint density at radius 1 is 1.09 bits per heavy atom. The first-order chi connectivity index (χ1) is 14.9. The maximum absolute atomic E-state index is 13.0. The summed E-state index contributed by atoms with van der Waals surface area (Å²) in [7, 11) is 0.632. The van der Waals surface area contributed by atoms with Gasteiger partial charge in [-0.3, -0.25) is 9.13 Å². The summed E-state index contributed by atoms with van der Waals surface area (Å²) in [5, 5.41) is 0. The lowest BCUT2D eigenvalue weighted by molar-refractivity contribution is 0.0240. The molecular weight excluding hydrogens is 424 g/mol. The standard InChI is InChI=1S/C23H38N4O4Si/c1-23(2,3)31-22(29)26-13-11-25(12-14-26)18-9-8-10-19-20(18)24(4)21(28)27(19)17-30-15-16-32(5,6)7/h8-10H,11-17H2,1-7H3. The number of aromatic nitrogens is 2. The fourth-order valence-electron chi connectivity index (χ4n) is 3.83. The van der Waals surface area contributed by atoms with Gasteiger partial charge in [0.1, 0.15) is 12.3 Å². The molecule has 2 heterocycles. The van der Waals surface area contributed by atoms with Crippen LogP contribution in [0.2, 0.25) is 25.7 Å². The van der Waals surface area contributed by atoms with Crippen LogP contribution in [0.1, 0.15) is 20.8 Å². The molecule has 3 rings (SSSR count). The molecule has 0 unspecified atom stereocenters. The molecule has 0 aliphatic carbocycles. The van der Waals surface area contributed by atoms with E-state index in [-0.39, 0.29) is 18.5 Å². The minimum Gasteiger partial charge on any atom is -0.444 e. The molecule has 0 radical (unpaired) electrons. The van der Waals surface area contributed by atoms with Gasteiger partial charge in [0.15, 0.2) is 0 Å².